The number of amides is 1. The standard InChI is InChI=1S/C18H19N3OS/c1-13-20-16(12-23-13)15-7-5-14(6-8-15)9-10-19-18(22)17-4-3-11-21(17)2/h3-8,11-12H,9-10H2,1-2H3,(H,19,22). The van der Waals surface area contributed by atoms with E-state index in [1.807, 2.05) is 36.9 Å². The maximum Gasteiger partial charge on any atom is 0.267 e. The van der Waals surface area contributed by atoms with Crippen LogP contribution in [0.5, 0.6) is 0 Å². The molecule has 3 aromatic rings. The summed E-state index contributed by atoms with van der Waals surface area (Å²) in [6, 6.07) is 12.1. The molecule has 0 aliphatic rings. The highest BCUT2D eigenvalue weighted by Crippen LogP contribution is 2.21. The molecular weight excluding hydrogens is 306 g/mol. The highest BCUT2D eigenvalue weighted by molar-refractivity contribution is 7.09. The summed E-state index contributed by atoms with van der Waals surface area (Å²) in [5.41, 5.74) is 4.04. The minimum atomic E-state index is -0.0351. The van der Waals surface area contributed by atoms with Crippen molar-refractivity contribution < 1.29 is 4.79 Å². The quantitative estimate of drug-likeness (QED) is 0.781. The second-order valence-corrected chi connectivity index (χ2v) is 6.52. The number of nitrogens with one attached hydrogen (secondary N) is 1. The lowest BCUT2D eigenvalue weighted by Gasteiger charge is -2.07. The lowest BCUT2D eigenvalue weighted by molar-refractivity contribution is 0.0946. The van der Waals surface area contributed by atoms with E-state index in [2.05, 4.69) is 39.9 Å². The minimum absolute atomic E-state index is 0.0351. The van der Waals surface area contributed by atoms with E-state index >= 15 is 0 Å². The molecule has 3 rings (SSSR count). The molecule has 23 heavy (non-hydrogen) atoms. The Kier molecular flexibility index (Phi) is 4.57. The number of hydrogen-bond acceptors (Lipinski definition) is 3. The molecular formula is C18H19N3OS. The number of aryl methyl sites for hydroxylation is 2. The smallest absolute Gasteiger partial charge is 0.267 e. The van der Waals surface area contributed by atoms with Crippen LogP contribution < -0.4 is 5.32 Å². The summed E-state index contributed by atoms with van der Waals surface area (Å²) in [4.78, 5) is 16.5. The van der Waals surface area contributed by atoms with Crippen LogP contribution in [0.4, 0.5) is 0 Å². The predicted molar refractivity (Wildman–Crippen MR) is 93.7 cm³/mol. The van der Waals surface area contributed by atoms with Gasteiger partial charge in [0.05, 0.1) is 10.7 Å². The third-order valence-electron chi connectivity index (χ3n) is 3.74. The summed E-state index contributed by atoms with van der Waals surface area (Å²) in [5, 5.41) is 6.10. The van der Waals surface area contributed by atoms with Gasteiger partial charge >= 0.3 is 0 Å². The molecule has 1 aromatic carbocycles. The second-order valence-electron chi connectivity index (χ2n) is 5.46. The molecule has 1 N–H and O–H groups in total. The van der Waals surface area contributed by atoms with Crippen LogP contribution in [-0.4, -0.2) is 22.0 Å². The number of aromatic nitrogens is 2. The van der Waals surface area contributed by atoms with Gasteiger partial charge in [0.2, 0.25) is 0 Å². The van der Waals surface area contributed by atoms with Crippen LogP contribution >= 0.6 is 11.3 Å². The Balaban J connectivity index is 1.55. The van der Waals surface area contributed by atoms with Gasteiger partial charge in [0, 0.05) is 30.7 Å². The summed E-state index contributed by atoms with van der Waals surface area (Å²) >= 11 is 1.66. The van der Waals surface area contributed by atoms with Gasteiger partial charge in [0.25, 0.3) is 5.91 Å². The largest absolute Gasteiger partial charge is 0.350 e. The maximum absolute atomic E-state index is 12.0. The molecule has 0 saturated heterocycles. The summed E-state index contributed by atoms with van der Waals surface area (Å²) in [7, 11) is 1.87. The number of benzene rings is 1. The lowest BCUT2D eigenvalue weighted by atomic mass is 10.1. The molecule has 2 aromatic heterocycles. The average molecular weight is 325 g/mol. The van der Waals surface area contributed by atoms with Gasteiger partial charge < -0.3 is 9.88 Å². The van der Waals surface area contributed by atoms with Crippen molar-refractivity contribution in [3.63, 3.8) is 0 Å². The fraction of sp³-hybridized carbons (Fsp3) is 0.222. The second kappa shape index (κ2) is 6.79. The van der Waals surface area contributed by atoms with Crippen molar-refractivity contribution in [3.8, 4) is 11.3 Å². The highest BCUT2D eigenvalue weighted by Gasteiger charge is 2.07. The molecule has 0 bridgehead atoms. The van der Waals surface area contributed by atoms with Crippen molar-refractivity contribution in [2.24, 2.45) is 7.05 Å². The summed E-state index contributed by atoms with van der Waals surface area (Å²) in [5.74, 6) is -0.0351. The molecule has 4 nitrogen and oxygen atoms in total. The molecule has 0 spiro atoms. The summed E-state index contributed by atoms with van der Waals surface area (Å²) in [6.07, 6.45) is 2.68. The zero-order chi connectivity index (χ0) is 16.2. The Labute approximate surface area is 139 Å². The van der Waals surface area contributed by atoms with Crippen molar-refractivity contribution in [1.82, 2.24) is 14.9 Å². The van der Waals surface area contributed by atoms with Crippen molar-refractivity contribution in [3.05, 3.63) is 64.2 Å². The van der Waals surface area contributed by atoms with Gasteiger partial charge in [0.1, 0.15) is 5.69 Å². The minimum Gasteiger partial charge on any atom is -0.350 e. The Morgan fingerprint density at radius 3 is 2.65 bits per heavy atom. The first-order valence-corrected chi connectivity index (χ1v) is 8.42. The van der Waals surface area contributed by atoms with E-state index in [0.717, 1.165) is 22.7 Å². The molecule has 2 heterocycles. The van der Waals surface area contributed by atoms with Crippen LogP contribution in [0.3, 0.4) is 0 Å². The molecule has 5 heteroatoms. The van der Waals surface area contributed by atoms with Crippen LogP contribution in [0.15, 0.2) is 48.0 Å². The topological polar surface area (TPSA) is 46.9 Å². The fourth-order valence-corrected chi connectivity index (χ4v) is 3.07. The van der Waals surface area contributed by atoms with E-state index in [1.54, 1.807) is 11.3 Å². The Bertz CT molecular complexity index is 802. The molecule has 0 atom stereocenters. The molecule has 0 aliphatic carbocycles. The van der Waals surface area contributed by atoms with Crippen LogP contribution in [0.1, 0.15) is 21.1 Å². The van der Waals surface area contributed by atoms with E-state index in [-0.39, 0.29) is 5.91 Å². The summed E-state index contributed by atoms with van der Waals surface area (Å²) < 4.78 is 1.82. The van der Waals surface area contributed by atoms with E-state index in [0.29, 0.717) is 12.2 Å². The van der Waals surface area contributed by atoms with Crippen molar-refractivity contribution in [1.29, 1.82) is 0 Å². The highest BCUT2D eigenvalue weighted by atomic mass is 32.1. The first-order valence-electron chi connectivity index (χ1n) is 7.54. The van der Waals surface area contributed by atoms with E-state index in [9.17, 15) is 4.79 Å². The van der Waals surface area contributed by atoms with E-state index in [4.69, 9.17) is 0 Å². The average Bonchev–Trinajstić information content (AvgIpc) is 3.16. The van der Waals surface area contributed by atoms with Crippen LogP contribution in [0.25, 0.3) is 11.3 Å². The van der Waals surface area contributed by atoms with Crippen LogP contribution in [0.2, 0.25) is 0 Å². The first-order chi connectivity index (χ1) is 11.1. The van der Waals surface area contributed by atoms with Gasteiger partial charge in [-0.25, -0.2) is 4.98 Å². The summed E-state index contributed by atoms with van der Waals surface area (Å²) in [6.45, 7) is 2.64. The molecule has 0 aliphatic heterocycles. The van der Waals surface area contributed by atoms with E-state index in [1.165, 1.54) is 5.56 Å². The molecule has 0 saturated carbocycles. The van der Waals surface area contributed by atoms with Gasteiger partial charge in [-0.3, -0.25) is 4.79 Å². The fourth-order valence-electron chi connectivity index (χ4n) is 2.45. The third-order valence-corrected chi connectivity index (χ3v) is 4.52. The number of rotatable bonds is 5. The molecule has 118 valence electrons. The Morgan fingerprint density at radius 1 is 1.26 bits per heavy atom. The molecule has 0 radical (unpaired) electrons. The lowest BCUT2D eigenvalue weighted by Crippen LogP contribution is -2.27. The van der Waals surface area contributed by atoms with Gasteiger partial charge in [-0.05, 0) is 31.0 Å². The third kappa shape index (κ3) is 3.68. The van der Waals surface area contributed by atoms with Crippen LogP contribution in [0, 0.1) is 6.92 Å². The Morgan fingerprint density at radius 2 is 2.04 bits per heavy atom. The van der Waals surface area contributed by atoms with Crippen LogP contribution in [-0.2, 0) is 13.5 Å². The zero-order valence-corrected chi connectivity index (χ0v) is 14.1. The number of carbonyl (C=O) groups is 1. The van der Waals surface area contributed by atoms with Crippen molar-refractivity contribution in [2.45, 2.75) is 13.3 Å². The van der Waals surface area contributed by atoms with Gasteiger partial charge in [0.15, 0.2) is 0 Å². The monoisotopic (exact) mass is 325 g/mol. The van der Waals surface area contributed by atoms with Gasteiger partial charge in [-0.15, -0.1) is 11.3 Å². The van der Waals surface area contributed by atoms with E-state index < -0.39 is 0 Å². The number of nitrogens with zero attached hydrogens (tertiary/aromatic N) is 2. The van der Waals surface area contributed by atoms with Crippen molar-refractivity contribution in [2.75, 3.05) is 6.54 Å². The number of thiazole rings is 1. The van der Waals surface area contributed by atoms with Gasteiger partial charge in [-0.2, -0.15) is 0 Å². The maximum atomic E-state index is 12.0. The van der Waals surface area contributed by atoms with Gasteiger partial charge in [-0.1, -0.05) is 24.3 Å². The number of hydrogen-bond donors (Lipinski definition) is 1. The molecule has 0 unspecified atom stereocenters. The first kappa shape index (κ1) is 15.5. The normalized spacial score (nSPS) is 10.7. The zero-order valence-electron chi connectivity index (χ0n) is 13.2. The predicted octanol–water partition coefficient (Wildman–Crippen LogP) is 3.43. The Hall–Kier alpha value is -2.40. The number of carbonyl (C=O) groups excluding carboxylic acids is 1. The van der Waals surface area contributed by atoms with Crippen molar-refractivity contribution >= 4 is 17.2 Å². The molecule has 1 amide bonds. The molecule has 0 fully saturated rings. The SMILES string of the molecule is Cc1nc(-c2ccc(CCNC(=O)c3cccn3C)cc2)cs1.